The Hall–Kier alpha value is -1.59. The summed E-state index contributed by atoms with van der Waals surface area (Å²) in [5.41, 5.74) is -0.0118. The molecule has 0 aliphatic heterocycles. The molecule has 0 amide bonds. The van der Waals surface area contributed by atoms with Crippen LogP contribution in [0.2, 0.25) is 0 Å². The topological polar surface area (TPSA) is 75.3 Å². The predicted molar refractivity (Wildman–Crippen MR) is 71.6 cm³/mol. The highest BCUT2D eigenvalue weighted by Crippen LogP contribution is 1.99. The molecule has 0 aliphatic rings. The molecule has 1 heterocycles. The first-order valence-electron chi connectivity index (χ1n) is 6.26. The third kappa shape index (κ3) is 5.65. The van der Waals surface area contributed by atoms with Gasteiger partial charge < -0.3 is 15.2 Å². The molecule has 0 radical (unpaired) electrons. The minimum absolute atomic E-state index is 0.0118. The molecule has 1 aromatic rings. The minimum atomic E-state index is -0.0118. The molecule has 6 heteroatoms. The van der Waals surface area contributed by atoms with Crippen molar-refractivity contribution < 1.29 is 4.52 Å². The number of nitrogens with zero attached hydrogens (tertiary/aromatic N) is 3. The maximum Gasteiger partial charge on any atom is 0.228 e. The standard InChI is InChI=1S/C12H23N5O/c1-6-13-11(16-12(3,4)5)14-8-7-10-15-9(2)17-18-10/h6-8H2,1-5H3,(H2,13,14,16). The second-order valence-corrected chi connectivity index (χ2v) is 5.12. The van der Waals surface area contributed by atoms with Crippen LogP contribution >= 0.6 is 0 Å². The molecule has 0 aromatic carbocycles. The lowest BCUT2D eigenvalue weighted by Gasteiger charge is -2.23. The molecule has 2 N–H and O–H groups in total. The first kappa shape index (κ1) is 14.5. The molecule has 0 saturated carbocycles. The number of aromatic nitrogens is 2. The van der Waals surface area contributed by atoms with Crippen LogP contribution in [0.5, 0.6) is 0 Å². The average molecular weight is 253 g/mol. The van der Waals surface area contributed by atoms with Gasteiger partial charge in [0.05, 0.1) is 6.54 Å². The zero-order valence-corrected chi connectivity index (χ0v) is 11.9. The number of hydrogen-bond acceptors (Lipinski definition) is 4. The number of nitrogens with one attached hydrogen (secondary N) is 2. The lowest BCUT2D eigenvalue weighted by Crippen LogP contribution is -2.47. The summed E-state index contributed by atoms with van der Waals surface area (Å²) < 4.78 is 5.04. The van der Waals surface area contributed by atoms with Crippen molar-refractivity contribution in [3.8, 4) is 0 Å². The maximum absolute atomic E-state index is 5.04. The van der Waals surface area contributed by atoms with Gasteiger partial charge >= 0.3 is 0 Å². The molecule has 0 aliphatic carbocycles. The van der Waals surface area contributed by atoms with Gasteiger partial charge in [-0.1, -0.05) is 5.16 Å². The Bertz CT molecular complexity index is 391. The van der Waals surface area contributed by atoms with Crippen molar-refractivity contribution in [2.75, 3.05) is 13.1 Å². The number of aliphatic imine (C=N–C) groups is 1. The van der Waals surface area contributed by atoms with Crippen LogP contribution in [0.4, 0.5) is 0 Å². The number of rotatable bonds is 4. The lowest BCUT2D eigenvalue weighted by atomic mass is 10.1. The van der Waals surface area contributed by atoms with Gasteiger partial charge in [-0.25, -0.2) is 0 Å². The Kier molecular flexibility index (Phi) is 5.12. The number of hydrogen-bond donors (Lipinski definition) is 2. The monoisotopic (exact) mass is 253 g/mol. The minimum Gasteiger partial charge on any atom is -0.357 e. The molecule has 0 bridgehead atoms. The van der Waals surface area contributed by atoms with E-state index in [9.17, 15) is 0 Å². The van der Waals surface area contributed by atoms with Crippen LogP contribution in [0.15, 0.2) is 9.52 Å². The Morgan fingerprint density at radius 3 is 2.61 bits per heavy atom. The molecule has 0 atom stereocenters. The first-order chi connectivity index (χ1) is 8.40. The largest absolute Gasteiger partial charge is 0.357 e. The molecule has 102 valence electrons. The van der Waals surface area contributed by atoms with Crippen LogP contribution in [-0.4, -0.2) is 34.7 Å². The highest BCUT2D eigenvalue weighted by Gasteiger charge is 2.11. The Balaban J connectivity index is 2.49. The summed E-state index contributed by atoms with van der Waals surface area (Å²) in [6, 6.07) is 0. The molecule has 0 fully saturated rings. The molecule has 0 saturated heterocycles. The van der Waals surface area contributed by atoms with Gasteiger partial charge in [0.2, 0.25) is 5.89 Å². The summed E-state index contributed by atoms with van der Waals surface area (Å²) in [5, 5.41) is 10.3. The summed E-state index contributed by atoms with van der Waals surface area (Å²) in [7, 11) is 0. The van der Waals surface area contributed by atoms with Crippen molar-refractivity contribution in [1.29, 1.82) is 0 Å². The molecular formula is C12H23N5O. The molecule has 6 nitrogen and oxygen atoms in total. The van der Waals surface area contributed by atoms with Gasteiger partial charge in [-0.05, 0) is 34.6 Å². The van der Waals surface area contributed by atoms with Crippen LogP contribution in [0.3, 0.4) is 0 Å². The second-order valence-electron chi connectivity index (χ2n) is 5.12. The summed E-state index contributed by atoms with van der Waals surface area (Å²) in [6.07, 6.45) is 0.654. The van der Waals surface area contributed by atoms with Gasteiger partial charge in [0.25, 0.3) is 0 Å². The maximum atomic E-state index is 5.04. The van der Waals surface area contributed by atoms with E-state index in [0.29, 0.717) is 24.7 Å². The number of guanidine groups is 1. The summed E-state index contributed by atoms with van der Waals surface area (Å²) in [5.74, 6) is 2.10. The molecule has 1 rings (SSSR count). The van der Waals surface area contributed by atoms with Gasteiger partial charge in [-0.3, -0.25) is 4.99 Å². The van der Waals surface area contributed by atoms with E-state index in [1.165, 1.54) is 0 Å². The second kappa shape index (κ2) is 6.37. The molecule has 0 unspecified atom stereocenters. The van der Waals surface area contributed by atoms with Crippen molar-refractivity contribution in [2.45, 2.75) is 46.6 Å². The normalized spacial score (nSPS) is 12.6. The van der Waals surface area contributed by atoms with Crippen LogP contribution in [0.1, 0.15) is 39.4 Å². The lowest BCUT2D eigenvalue weighted by molar-refractivity contribution is 0.376. The molecule has 18 heavy (non-hydrogen) atoms. The van der Waals surface area contributed by atoms with Crippen LogP contribution in [0, 0.1) is 6.92 Å². The fourth-order valence-electron chi connectivity index (χ4n) is 1.37. The van der Waals surface area contributed by atoms with Crippen molar-refractivity contribution >= 4 is 5.96 Å². The van der Waals surface area contributed by atoms with Gasteiger partial charge in [0.1, 0.15) is 0 Å². The zero-order valence-electron chi connectivity index (χ0n) is 11.9. The van der Waals surface area contributed by atoms with E-state index in [1.807, 2.05) is 13.8 Å². The van der Waals surface area contributed by atoms with E-state index in [-0.39, 0.29) is 5.54 Å². The Morgan fingerprint density at radius 1 is 1.39 bits per heavy atom. The van der Waals surface area contributed by atoms with Crippen molar-refractivity contribution in [1.82, 2.24) is 20.8 Å². The van der Waals surface area contributed by atoms with E-state index in [4.69, 9.17) is 4.52 Å². The highest BCUT2D eigenvalue weighted by atomic mass is 16.5. The third-order valence-electron chi connectivity index (χ3n) is 2.00. The van der Waals surface area contributed by atoms with Crippen LogP contribution < -0.4 is 10.6 Å². The number of aryl methyl sites for hydroxylation is 1. The Labute approximate surface area is 108 Å². The molecular weight excluding hydrogens is 230 g/mol. The SMILES string of the molecule is CCNC(=NCCc1nc(C)no1)NC(C)(C)C. The molecule has 0 spiro atoms. The summed E-state index contributed by atoms with van der Waals surface area (Å²) in [6.45, 7) is 11.6. The van der Waals surface area contributed by atoms with E-state index < -0.39 is 0 Å². The van der Waals surface area contributed by atoms with Crippen LogP contribution in [0.25, 0.3) is 0 Å². The Morgan fingerprint density at radius 2 is 2.11 bits per heavy atom. The summed E-state index contributed by atoms with van der Waals surface area (Å²) >= 11 is 0. The smallest absolute Gasteiger partial charge is 0.228 e. The summed E-state index contributed by atoms with van der Waals surface area (Å²) in [4.78, 5) is 8.61. The predicted octanol–water partition coefficient (Wildman–Crippen LogP) is 1.27. The fraction of sp³-hybridized carbons (Fsp3) is 0.750. The zero-order chi connectivity index (χ0) is 13.6. The highest BCUT2D eigenvalue weighted by molar-refractivity contribution is 5.80. The first-order valence-corrected chi connectivity index (χ1v) is 6.26. The van der Waals surface area contributed by atoms with Gasteiger partial charge in [0, 0.05) is 18.5 Å². The van der Waals surface area contributed by atoms with E-state index in [2.05, 4.69) is 46.5 Å². The van der Waals surface area contributed by atoms with E-state index in [1.54, 1.807) is 0 Å². The van der Waals surface area contributed by atoms with E-state index >= 15 is 0 Å². The van der Waals surface area contributed by atoms with Gasteiger partial charge in [0.15, 0.2) is 11.8 Å². The quantitative estimate of drug-likeness (QED) is 0.624. The van der Waals surface area contributed by atoms with Crippen molar-refractivity contribution in [3.05, 3.63) is 11.7 Å². The van der Waals surface area contributed by atoms with Crippen LogP contribution in [-0.2, 0) is 6.42 Å². The third-order valence-corrected chi connectivity index (χ3v) is 2.00. The fourth-order valence-corrected chi connectivity index (χ4v) is 1.37. The van der Waals surface area contributed by atoms with Crippen molar-refractivity contribution in [3.63, 3.8) is 0 Å². The molecule has 1 aromatic heterocycles. The van der Waals surface area contributed by atoms with Gasteiger partial charge in [-0.15, -0.1) is 0 Å². The van der Waals surface area contributed by atoms with Gasteiger partial charge in [-0.2, -0.15) is 4.98 Å². The van der Waals surface area contributed by atoms with Crippen molar-refractivity contribution in [2.24, 2.45) is 4.99 Å². The average Bonchev–Trinajstić information content (AvgIpc) is 2.62. The van der Waals surface area contributed by atoms with E-state index in [0.717, 1.165) is 12.5 Å².